The molecule has 0 bridgehead atoms. The number of anilines is 1. The second-order valence-electron chi connectivity index (χ2n) is 6.79. The Morgan fingerprint density at radius 1 is 0.920 bits per heavy atom. The quantitative estimate of drug-likeness (QED) is 0.756. The van der Waals surface area contributed by atoms with E-state index < -0.39 is 0 Å². The van der Waals surface area contributed by atoms with Gasteiger partial charge in [-0.15, -0.1) is 0 Å². The topological polar surface area (TPSA) is 24.9 Å². The van der Waals surface area contributed by atoms with E-state index in [2.05, 4.69) is 52.3 Å². The van der Waals surface area contributed by atoms with Crippen molar-refractivity contribution in [2.45, 2.75) is 12.5 Å². The summed E-state index contributed by atoms with van der Waals surface area (Å²) in [5, 5.41) is 0. The molecule has 2 aromatic rings. The standard InChI is InChI=1S/C21H26N2O2/c1-2-7-19(8-3-1)23-12-10-22(11-13-23)14-15-24-17-20-16-18-6-4-5-9-21(18)25-20/h1-9,20H,10-17H2. The largest absolute Gasteiger partial charge is 0.487 e. The molecule has 2 aromatic carbocycles. The van der Waals surface area contributed by atoms with Gasteiger partial charge in [0.25, 0.3) is 0 Å². The molecule has 4 heteroatoms. The van der Waals surface area contributed by atoms with Gasteiger partial charge in [-0.25, -0.2) is 0 Å². The summed E-state index contributed by atoms with van der Waals surface area (Å²) in [5.74, 6) is 1.02. The summed E-state index contributed by atoms with van der Waals surface area (Å²) in [5.41, 5.74) is 2.63. The minimum atomic E-state index is 0.173. The predicted octanol–water partition coefficient (Wildman–Crippen LogP) is 2.83. The molecule has 1 atom stereocenters. The molecule has 132 valence electrons. The lowest BCUT2D eigenvalue weighted by molar-refractivity contribution is 0.0467. The highest BCUT2D eigenvalue weighted by Gasteiger charge is 2.22. The van der Waals surface area contributed by atoms with Crippen molar-refractivity contribution in [1.82, 2.24) is 4.90 Å². The zero-order valence-electron chi connectivity index (χ0n) is 14.6. The third-order valence-corrected chi connectivity index (χ3v) is 5.06. The van der Waals surface area contributed by atoms with Crippen LogP contribution in [0, 0.1) is 0 Å². The fourth-order valence-electron chi connectivity index (χ4n) is 3.62. The van der Waals surface area contributed by atoms with Crippen LogP contribution in [0.1, 0.15) is 5.56 Å². The summed E-state index contributed by atoms with van der Waals surface area (Å²) >= 11 is 0. The average molecular weight is 338 g/mol. The van der Waals surface area contributed by atoms with Gasteiger partial charge in [-0.05, 0) is 23.8 Å². The Labute approximate surface area is 150 Å². The number of rotatable bonds is 6. The van der Waals surface area contributed by atoms with Crippen LogP contribution in [-0.2, 0) is 11.2 Å². The van der Waals surface area contributed by atoms with Crippen molar-refractivity contribution in [3.8, 4) is 5.75 Å². The van der Waals surface area contributed by atoms with E-state index in [-0.39, 0.29) is 6.10 Å². The van der Waals surface area contributed by atoms with Crippen LogP contribution in [0.4, 0.5) is 5.69 Å². The molecule has 0 aliphatic carbocycles. The molecule has 0 spiro atoms. The summed E-state index contributed by atoms with van der Waals surface area (Å²) in [4.78, 5) is 4.95. The van der Waals surface area contributed by atoms with E-state index in [0.29, 0.717) is 6.61 Å². The first-order valence-corrected chi connectivity index (χ1v) is 9.23. The Balaban J connectivity index is 1.13. The van der Waals surface area contributed by atoms with E-state index in [4.69, 9.17) is 9.47 Å². The zero-order chi connectivity index (χ0) is 16.9. The first-order valence-electron chi connectivity index (χ1n) is 9.23. The number of fused-ring (bicyclic) bond motifs is 1. The maximum Gasteiger partial charge on any atom is 0.126 e. The van der Waals surface area contributed by atoms with Crippen LogP contribution in [0.3, 0.4) is 0 Å². The number of nitrogens with zero attached hydrogens (tertiary/aromatic N) is 2. The third kappa shape index (κ3) is 4.14. The van der Waals surface area contributed by atoms with Crippen molar-refractivity contribution in [3.63, 3.8) is 0 Å². The van der Waals surface area contributed by atoms with E-state index in [1.807, 2.05) is 12.1 Å². The fraction of sp³-hybridized carbons (Fsp3) is 0.429. The molecule has 25 heavy (non-hydrogen) atoms. The highest BCUT2D eigenvalue weighted by molar-refractivity contribution is 5.46. The van der Waals surface area contributed by atoms with Gasteiger partial charge >= 0.3 is 0 Å². The second-order valence-corrected chi connectivity index (χ2v) is 6.79. The summed E-state index contributed by atoms with van der Waals surface area (Å²) in [6.45, 7) is 6.84. The van der Waals surface area contributed by atoms with Crippen molar-refractivity contribution >= 4 is 5.69 Å². The first-order chi connectivity index (χ1) is 12.4. The molecule has 4 nitrogen and oxygen atoms in total. The first kappa shape index (κ1) is 16.4. The van der Waals surface area contributed by atoms with Gasteiger partial charge in [0.15, 0.2) is 0 Å². The van der Waals surface area contributed by atoms with Crippen LogP contribution < -0.4 is 9.64 Å². The lowest BCUT2D eigenvalue weighted by Gasteiger charge is -2.36. The summed E-state index contributed by atoms with van der Waals surface area (Å²) in [6.07, 6.45) is 1.14. The molecular formula is C21H26N2O2. The molecule has 0 saturated carbocycles. The number of hydrogen-bond acceptors (Lipinski definition) is 4. The van der Waals surface area contributed by atoms with Gasteiger partial charge in [0.1, 0.15) is 11.9 Å². The normalized spacial score (nSPS) is 20.3. The molecule has 2 aliphatic rings. The Kier molecular flexibility index (Phi) is 5.19. The number of ether oxygens (including phenoxy) is 2. The maximum atomic E-state index is 5.92. The minimum Gasteiger partial charge on any atom is -0.487 e. The Morgan fingerprint density at radius 2 is 1.68 bits per heavy atom. The molecule has 0 N–H and O–H groups in total. The van der Waals surface area contributed by atoms with Crippen LogP contribution in [0.5, 0.6) is 5.75 Å². The smallest absolute Gasteiger partial charge is 0.126 e. The Morgan fingerprint density at radius 3 is 2.48 bits per heavy atom. The van der Waals surface area contributed by atoms with E-state index in [9.17, 15) is 0 Å². The number of para-hydroxylation sites is 2. The molecule has 4 rings (SSSR count). The molecule has 0 radical (unpaired) electrons. The molecule has 1 saturated heterocycles. The zero-order valence-corrected chi connectivity index (χ0v) is 14.6. The van der Waals surface area contributed by atoms with Gasteiger partial charge in [-0.2, -0.15) is 0 Å². The molecular weight excluding hydrogens is 312 g/mol. The Hall–Kier alpha value is -2.04. The maximum absolute atomic E-state index is 5.92. The van der Waals surface area contributed by atoms with Crippen LogP contribution >= 0.6 is 0 Å². The average Bonchev–Trinajstić information content (AvgIpc) is 3.09. The summed E-state index contributed by atoms with van der Waals surface area (Å²) in [7, 11) is 0. The minimum absolute atomic E-state index is 0.173. The van der Waals surface area contributed by atoms with Crippen molar-refractivity contribution < 1.29 is 9.47 Å². The van der Waals surface area contributed by atoms with Gasteiger partial charge in [-0.3, -0.25) is 4.90 Å². The van der Waals surface area contributed by atoms with Crippen molar-refractivity contribution in [1.29, 1.82) is 0 Å². The van der Waals surface area contributed by atoms with Crippen LogP contribution in [0.2, 0.25) is 0 Å². The molecule has 1 fully saturated rings. The molecule has 1 unspecified atom stereocenters. The number of piperazine rings is 1. The van der Waals surface area contributed by atoms with E-state index >= 15 is 0 Å². The monoisotopic (exact) mass is 338 g/mol. The van der Waals surface area contributed by atoms with E-state index in [0.717, 1.165) is 51.5 Å². The molecule has 0 amide bonds. The third-order valence-electron chi connectivity index (χ3n) is 5.06. The lowest BCUT2D eigenvalue weighted by Crippen LogP contribution is -2.47. The number of benzene rings is 2. The number of hydrogen-bond donors (Lipinski definition) is 0. The van der Waals surface area contributed by atoms with Gasteiger partial charge in [0, 0.05) is 44.8 Å². The van der Waals surface area contributed by atoms with Crippen molar-refractivity contribution in [2.75, 3.05) is 50.8 Å². The SMILES string of the molecule is c1ccc(N2CCN(CCOCC3Cc4ccccc4O3)CC2)cc1. The predicted molar refractivity (Wildman–Crippen MR) is 100 cm³/mol. The van der Waals surface area contributed by atoms with Gasteiger partial charge in [-0.1, -0.05) is 36.4 Å². The highest BCUT2D eigenvalue weighted by Crippen LogP contribution is 2.28. The van der Waals surface area contributed by atoms with Crippen molar-refractivity contribution in [2.24, 2.45) is 0 Å². The highest BCUT2D eigenvalue weighted by atomic mass is 16.5. The van der Waals surface area contributed by atoms with Crippen molar-refractivity contribution in [3.05, 3.63) is 60.2 Å². The van der Waals surface area contributed by atoms with E-state index in [1.54, 1.807) is 0 Å². The van der Waals surface area contributed by atoms with Crippen LogP contribution in [-0.4, -0.2) is 56.9 Å². The fourth-order valence-corrected chi connectivity index (χ4v) is 3.62. The summed E-state index contributed by atoms with van der Waals surface area (Å²) < 4.78 is 11.8. The Bertz CT molecular complexity index is 644. The molecule has 0 aromatic heterocycles. The van der Waals surface area contributed by atoms with E-state index in [1.165, 1.54) is 11.3 Å². The van der Waals surface area contributed by atoms with Gasteiger partial charge < -0.3 is 14.4 Å². The van der Waals surface area contributed by atoms with Crippen LogP contribution in [0.15, 0.2) is 54.6 Å². The van der Waals surface area contributed by atoms with Gasteiger partial charge in [0.05, 0.1) is 13.2 Å². The van der Waals surface area contributed by atoms with Gasteiger partial charge in [0.2, 0.25) is 0 Å². The second kappa shape index (κ2) is 7.89. The molecule has 2 aliphatic heterocycles. The molecule has 2 heterocycles. The summed E-state index contributed by atoms with van der Waals surface area (Å²) in [6, 6.07) is 19.0. The lowest BCUT2D eigenvalue weighted by atomic mass is 10.1. The van der Waals surface area contributed by atoms with Crippen LogP contribution in [0.25, 0.3) is 0 Å².